The van der Waals surface area contributed by atoms with Crippen molar-refractivity contribution in [2.45, 2.75) is 43.0 Å². The molecule has 3 rings (SSSR count). The van der Waals surface area contributed by atoms with Crippen molar-refractivity contribution in [2.75, 3.05) is 31.9 Å². The fourth-order valence-electron chi connectivity index (χ4n) is 3.78. The molecule has 0 aromatic carbocycles. The first-order valence-electron chi connectivity index (χ1n) is 9.23. The lowest BCUT2D eigenvalue weighted by Gasteiger charge is -2.35. The Morgan fingerprint density at radius 1 is 1.19 bits per heavy atom. The van der Waals surface area contributed by atoms with Crippen LogP contribution in [0.5, 0.6) is 0 Å². The number of thioether (sulfide) groups is 1. The van der Waals surface area contributed by atoms with Crippen molar-refractivity contribution in [3.05, 3.63) is 18.3 Å². The zero-order valence-corrected chi connectivity index (χ0v) is 17.1. The normalized spacial score (nSPS) is 24.8. The van der Waals surface area contributed by atoms with Crippen LogP contribution in [0, 0.1) is 11.8 Å². The second-order valence-corrected chi connectivity index (χ2v) is 10.4. The maximum atomic E-state index is 12.5. The SMILES string of the molecule is C[C@@H]1C[C@H](C)CN(C(=O)CSc2ccc(S(=O)(=O)N3CCCC3)cn2)C1. The van der Waals surface area contributed by atoms with Gasteiger partial charge in [0.1, 0.15) is 4.90 Å². The van der Waals surface area contributed by atoms with Gasteiger partial charge in [-0.2, -0.15) is 4.31 Å². The number of carbonyl (C=O) groups is 1. The van der Waals surface area contributed by atoms with E-state index in [1.807, 2.05) is 4.90 Å². The number of nitrogens with zero attached hydrogens (tertiary/aromatic N) is 3. The molecular formula is C18H27N3O3S2. The van der Waals surface area contributed by atoms with Crippen LogP contribution < -0.4 is 0 Å². The van der Waals surface area contributed by atoms with Crippen LogP contribution in [0.25, 0.3) is 0 Å². The standard InChI is InChI=1S/C18H27N3O3S2/c1-14-9-15(2)12-20(11-14)18(22)13-25-17-6-5-16(10-19-17)26(23,24)21-7-3-4-8-21/h5-6,10,14-15H,3-4,7-9,11-13H2,1-2H3/t14-,15+. The Labute approximate surface area is 160 Å². The van der Waals surface area contributed by atoms with Crippen molar-refractivity contribution in [1.29, 1.82) is 0 Å². The lowest BCUT2D eigenvalue weighted by atomic mass is 9.92. The van der Waals surface area contributed by atoms with Crippen LogP contribution in [0.4, 0.5) is 0 Å². The van der Waals surface area contributed by atoms with E-state index in [0.29, 0.717) is 35.7 Å². The van der Waals surface area contributed by atoms with Gasteiger partial charge in [0.2, 0.25) is 15.9 Å². The number of pyridine rings is 1. The van der Waals surface area contributed by atoms with Gasteiger partial charge in [-0.3, -0.25) is 4.79 Å². The molecule has 0 aliphatic carbocycles. The molecule has 2 saturated heterocycles. The Balaban J connectivity index is 1.57. The summed E-state index contributed by atoms with van der Waals surface area (Å²) in [5.41, 5.74) is 0. The number of carbonyl (C=O) groups excluding carboxylic acids is 1. The van der Waals surface area contributed by atoms with Crippen molar-refractivity contribution in [3.8, 4) is 0 Å². The first-order chi connectivity index (χ1) is 12.4. The Bertz CT molecular complexity index is 721. The van der Waals surface area contributed by atoms with E-state index in [1.165, 1.54) is 28.7 Å². The summed E-state index contributed by atoms with van der Waals surface area (Å²) in [5, 5.41) is 0.678. The van der Waals surface area contributed by atoms with Gasteiger partial charge in [-0.1, -0.05) is 25.6 Å². The van der Waals surface area contributed by atoms with E-state index in [-0.39, 0.29) is 10.8 Å². The summed E-state index contributed by atoms with van der Waals surface area (Å²) in [6.45, 7) is 7.18. The molecular weight excluding hydrogens is 370 g/mol. The average Bonchev–Trinajstić information content (AvgIpc) is 3.14. The highest BCUT2D eigenvalue weighted by molar-refractivity contribution is 7.99. The molecule has 0 saturated carbocycles. The second kappa shape index (κ2) is 8.27. The lowest BCUT2D eigenvalue weighted by molar-refractivity contribution is -0.130. The van der Waals surface area contributed by atoms with Gasteiger partial charge in [0.15, 0.2) is 0 Å². The number of amides is 1. The highest BCUT2D eigenvalue weighted by atomic mass is 32.2. The Hall–Kier alpha value is -1.12. The molecule has 2 fully saturated rings. The summed E-state index contributed by atoms with van der Waals surface area (Å²) < 4.78 is 26.5. The fourth-order valence-corrected chi connectivity index (χ4v) is 5.98. The van der Waals surface area contributed by atoms with Crippen LogP contribution in [-0.2, 0) is 14.8 Å². The van der Waals surface area contributed by atoms with Crippen LogP contribution in [0.2, 0.25) is 0 Å². The van der Waals surface area contributed by atoms with E-state index in [1.54, 1.807) is 12.1 Å². The Morgan fingerprint density at radius 3 is 2.42 bits per heavy atom. The van der Waals surface area contributed by atoms with Gasteiger partial charge in [-0.15, -0.1) is 0 Å². The summed E-state index contributed by atoms with van der Waals surface area (Å²) in [6.07, 6.45) is 4.41. The number of sulfonamides is 1. The van der Waals surface area contributed by atoms with Crippen LogP contribution in [0.1, 0.15) is 33.1 Å². The van der Waals surface area contributed by atoms with Gasteiger partial charge < -0.3 is 4.90 Å². The molecule has 6 nitrogen and oxygen atoms in total. The summed E-state index contributed by atoms with van der Waals surface area (Å²) in [7, 11) is -3.43. The van der Waals surface area contributed by atoms with Crippen LogP contribution >= 0.6 is 11.8 Å². The molecule has 0 bridgehead atoms. The molecule has 144 valence electrons. The maximum Gasteiger partial charge on any atom is 0.244 e. The third-order valence-corrected chi connectivity index (χ3v) is 7.79. The molecule has 0 unspecified atom stereocenters. The molecule has 0 N–H and O–H groups in total. The fraction of sp³-hybridized carbons (Fsp3) is 0.667. The quantitative estimate of drug-likeness (QED) is 0.714. The lowest BCUT2D eigenvalue weighted by Crippen LogP contribution is -2.43. The second-order valence-electron chi connectivity index (χ2n) is 7.48. The number of hydrogen-bond donors (Lipinski definition) is 0. The summed E-state index contributed by atoms with van der Waals surface area (Å²) >= 11 is 1.37. The molecule has 8 heteroatoms. The van der Waals surface area contributed by atoms with Crippen molar-refractivity contribution >= 4 is 27.7 Å². The zero-order valence-electron chi connectivity index (χ0n) is 15.4. The molecule has 2 atom stereocenters. The van der Waals surface area contributed by atoms with E-state index in [2.05, 4.69) is 18.8 Å². The Morgan fingerprint density at radius 2 is 1.85 bits per heavy atom. The largest absolute Gasteiger partial charge is 0.341 e. The minimum Gasteiger partial charge on any atom is -0.341 e. The van der Waals surface area contributed by atoms with Crippen molar-refractivity contribution < 1.29 is 13.2 Å². The number of piperidine rings is 1. The predicted octanol–water partition coefficient (Wildman–Crippen LogP) is 2.46. The summed E-state index contributed by atoms with van der Waals surface area (Å²) in [6, 6.07) is 3.29. The van der Waals surface area contributed by atoms with Crippen LogP contribution in [-0.4, -0.2) is 60.4 Å². The number of aromatic nitrogens is 1. The topological polar surface area (TPSA) is 70.6 Å². The molecule has 0 radical (unpaired) electrons. The van der Waals surface area contributed by atoms with Crippen LogP contribution in [0.3, 0.4) is 0 Å². The number of rotatable bonds is 5. The number of hydrogen-bond acceptors (Lipinski definition) is 5. The summed E-state index contributed by atoms with van der Waals surface area (Å²) in [4.78, 5) is 18.9. The molecule has 1 amide bonds. The van der Waals surface area contributed by atoms with E-state index >= 15 is 0 Å². The zero-order chi connectivity index (χ0) is 18.7. The molecule has 0 spiro atoms. The minimum absolute atomic E-state index is 0.129. The maximum absolute atomic E-state index is 12.5. The minimum atomic E-state index is -3.43. The smallest absolute Gasteiger partial charge is 0.244 e. The Kier molecular flexibility index (Phi) is 6.25. The van der Waals surface area contributed by atoms with Gasteiger partial charge in [0.25, 0.3) is 0 Å². The monoisotopic (exact) mass is 397 g/mol. The molecule has 1 aromatic rings. The highest BCUT2D eigenvalue weighted by Gasteiger charge is 2.28. The van der Waals surface area contributed by atoms with E-state index in [4.69, 9.17) is 0 Å². The predicted molar refractivity (Wildman–Crippen MR) is 102 cm³/mol. The first-order valence-corrected chi connectivity index (χ1v) is 11.7. The summed E-state index contributed by atoms with van der Waals surface area (Å²) in [5.74, 6) is 1.55. The molecule has 1 aromatic heterocycles. The van der Waals surface area contributed by atoms with Crippen molar-refractivity contribution in [3.63, 3.8) is 0 Å². The van der Waals surface area contributed by atoms with E-state index in [9.17, 15) is 13.2 Å². The molecule has 2 aliphatic rings. The van der Waals surface area contributed by atoms with Gasteiger partial charge >= 0.3 is 0 Å². The van der Waals surface area contributed by atoms with Gasteiger partial charge in [-0.25, -0.2) is 13.4 Å². The van der Waals surface area contributed by atoms with Gasteiger partial charge in [0, 0.05) is 32.4 Å². The average molecular weight is 398 g/mol. The van der Waals surface area contributed by atoms with Gasteiger partial charge in [-0.05, 0) is 43.2 Å². The number of likely N-dealkylation sites (tertiary alicyclic amines) is 1. The van der Waals surface area contributed by atoms with Crippen molar-refractivity contribution in [2.24, 2.45) is 11.8 Å². The van der Waals surface area contributed by atoms with E-state index in [0.717, 1.165) is 25.9 Å². The third-order valence-electron chi connectivity index (χ3n) is 4.98. The first kappa shape index (κ1) is 19.6. The molecule has 2 aliphatic heterocycles. The van der Waals surface area contributed by atoms with E-state index < -0.39 is 10.0 Å². The van der Waals surface area contributed by atoms with Crippen molar-refractivity contribution in [1.82, 2.24) is 14.2 Å². The molecule has 26 heavy (non-hydrogen) atoms. The molecule has 3 heterocycles. The van der Waals surface area contributed by atoms with Crippen LogP contribution in [0.15, 0.2) is 28.3 Å². The third kappa shape index (κ3) is 4.58. The highest BCUT2D eigenvalue weighted by Crippen LogP contribution is 2.24. The van der Waals surface area contributed by atoms with Gasteiger partial charge in [0.05, 0.1) is 10.8 Å².